The maximum absolute atomic E-state index is 5.70. The van der Waals surface area contributed by atoms with E-state index in [1.807, 2.05) is 6.20 Å². The van der Waals surface area contributed by atoms with Crippen LogP contribution in [0.5, 0.6) is 0 Å². The van der Waals surface area contributed by atoms with E-state index in [0.29, 0.717) is 5.88 Å². The first-order chi connectivity index (χ1) is 7.20. The second kappa shape index (κ2) is 4.07. The van der Waals surface area contributed by atoms with Crippen LogP contribution in [-0.4, -0.2) is 9.97 Å². The van der Waals surface area contributed by atoms with Gasteiger partial charge in [-0.2, -0.15) is 0 Å². The molecular weight excluding hydrogens is 208 g/mol. The van der Waals surface area contributed by atoms with E-state index in [0.717, 1.165) is 11.5 Å². The number of nitrogens with zero attached hydrogens (tertiary/aromatic N) is 1. The Hall–Kier alpha value is -1.28. The predicted octanol–water partition coefficient (Wildman–Crippen LogP) is 3.43. The van der Waals surface area contributed by atoms with Crippen molar-refractivity contribution in [2.24, 2.45) is 0 Å². The van der Waals surface area contributed by atoms with Crippen LogP contribution in [0.3, 0.4) is 0 Å². The van der Waals surface area contributed by atoms with Crippen molar-refractivity contribution < 1.29 is 0 Å². The summed E-state index contributed by atoms with van der Waals surface area (Å²) >= 11 is 5.70. The Morgan fingerprint density at radius 1 is 1.33 bits per heavy atom. The summed E-state index contributed by atoms with van der Waals surface area (Å²) in [5.74, 6) is 1.23. The van der Waals surface area contributed by atoms with Gasteiger partial charge < -0.3 is 4.98 Å². The molecule has 15 heavy (non-hydrogen) atoms. The molecule has 0 saturated heterocycles. The van der Waals surface area contributed by atoms with Gasteiger partial charge in [0.15, 0.2) is 0 Å². The summed E-state index contributed by atoms with van der Waals surface area (Å²) < 4.78 is 0. The lowest BCUT2D eigenvalue weighted by atomic mass is 10.0. The van der Waals surface area contributed by atoms with Crippen molar-refractivity contribution in [3.63, 3.8) is 0 Å². The zero-order valence-corrected chi connectivity index (χ0v) is 9.60. The average molecular weight is 221 g/mol. The predicted molar refractivity (Wildman–Crippen MR) is 63.1 cm³/mol. The maximum Gasteiger partial charge on any atom is 0.121 e. The molecule has 0 aliphatic carbocycles. The Labute approximate surface area is 94.3 Å². The third kappa shape index (κ3) is 2.05. The van der Waals surface area contributed by atoms with E-state index < -0.39 is 0 Å². The number of hydrogen-bond donors (Lipinski definition) is 1. The molecule has 1 aromatic carbocycles. The molecule has 3 heteroatoms. The molecule has 2 rings (SSSR count). The lowest BCUT2D eigenvalue weighted by molar-refractivity contribution is 1.12. The lowest BCUT2D eigenvalue weighted by Gasteiger charge is -2.03. The van der Waals surface area contributed by atoms with Crippen LogP contribution in [-0.2, 0) is 5.88 Å². The SMILES string of the molecule is Cc1ccc(-c2cnc(CCl)[nH]2)c(C)c1. The van der Waals surface area contributed by atoms with Gasteiger partial charge in [0, 0.05) is 5.56 Å². The number of hydrogen-bond acceptors (Lipinski definition) is 1. The molecule has 2 aromatic rings. The first-order valence-corrected chi connectivity index (χ1v) is 5.41. The van der Waals surface area contributed by atoms with Crippen molar-refractivity contribution >= 4 is 11.6 Å². The third-order valence-corrected chi connectivity index (χ3v) is 2.68. The number of rotatable bonds is 2. The molecule has 0 aliphatic rings. The van der Waals surface area contributed by atoms with Gasteiger partial charge in [-0.3, -0.25) is 0 Å². The van der Waals surface area contributed by atoms with Gasteiger partial charge in [0.2, 0.25) is 0 Å². The average Bonchev–Trinajstić information content (AvgIpc) is 2.66. The number of imidazole rings is 1. The molecule has 0 unspecified atom stereocenters. The van der Waals surface area contributed by atoms with E-state index in [2.05, 4.69) is 42.0 Å². The van der Waals surface area contributed by atoms with Crippen LogP contribution in [0.4, 0.5) is 0 Å². The van der Waals surface area contributed by atoms with Crippen molar-refractivity contribution in [3.8, 4) is 11.3 Å². The highest BCUT2D eigenvalue weighted by Gasteiger charge is 2.05. The number of aromatic amines is 1. The largest absolute Gasteiger partial charge is 0.341 e. The number of aromatic nitrogens is 2. The Bertz CT molecular complexity index is 474. The van der Waals surface area contributed by atoms with E-state index in [9.17, 15) is 0 Å². The van der Waals surface area contributed by atoms with Gasteiger partial charge in [-0.15, -0.1) is 11.6 Å². The van der Waals surface area contributed by atoms with Crippen molar-refractivity contribution in [3.05, 3.63) is 41.3 Å². The summed E-state index contributed by atoms with van der Waals surface area (Å²) in [6, 6.07) is 6.37. The Balaban J connectivity index is 2.44. The topological polar surface area (TPSA) is 28.7 Å². The van der Waals surface area contributed by atoms with E-state index in [1.54, 1.807) is 0 Å². The van der Waals surface area contributed by atoms with Gasteiger partial charge >= 0.3 is 0 Å². The van der Waals surface area contributed by atoms with Crippen LogP contribution in [0.15, 0.2) is 24.4 Å². The third-order valence-electron chi connectivity index (χ3n) is 2.43. The van der Waals surface area contributed by atoms with E-state index in [-0.39, 0.29) is 0 Å². The number of halogens is 1. The molecule has 0 fully saturated rings. The molecule has 78 valence electrons. The smallest absolute Gasteiger partial charge is 0.121 e. The monoisotopic (exact) mass is 220 g/mol. The van der Waals surface area contributed by atoms with Crippen LogP contribution < -0.4 is 0 Å². The normalized spacial score (nSPS) is 10.6. The number of alkyl halides is 1. The van der Waals surface area contributed by atoms with Crippen LogP contribution in [0.1, 0.15) is 17.0 Å². The quantitative estimate of drug-likeness (QED) is 0.772. The second-order valence-electron chi connectivity index (χ2n) is 3.70. The van der Waals surface area contributed by atoms with Crippen LogP contribution in [0.25, 0.3) is 11.3 Å². The molecule has 0 bridgehead atoms. The Morgan fingerprint density at radius 3 is 2.73 bits per heavy atom. The highest BCUT2D eigenvalue weighted by Crippen LogP contribution is 2.22. The van der Waals surface area contributed by atoms with E-state index in [1.165, 1.54) is 16.7 Å². The molecule has 0 spiro atoms. The minimum Gasteiger partial charge on any atom is -0.341 e. The van der Waals surface area contributed by atoms with Crippen LogP contribution >= 0.6 is 11.6 Å². The first kappa shape index (κ1) is 10.2. The zero-order chi connectivity index (χ0) is 10.8. The number of H-pyrrole nitrogens is 1. The molecule has 0 atom stereocenters. The van der Waals surface area contributed by atoms with E-state index >= 15 is 0 Å². The Kier molecular flexibility index (Phi) is 2.78. The minimum atomic E-state index is 0.422. The summed E-state index contributed by atoms with van der Waals surface area (Å²) in [4.78, 5) is 7.38. The number of aryl methyl sites for hydroxylation is 2. The highest BCUT2D eigenvalue weighted by atomic mass is 35.5. The molecule has 2 nitrogen and oxygen atoms in total. The van der Waals surface area contributed by atoms with Crippen molar-refractivity contribution in [2.45, 2.75) is 19.7 Å². The fourth-order valence-corrected chi connectivity index (χ4v) is 1.82. The summed E-state index contributed by atoms with van der Waals surface area (Å²) in [6.45, 7) is 4.19. The van der Waals surface area contributed by atoms with E-state index in [4.69, 9.17) is 11.6 Å². The number of nitrogens with one attached hydrogen (secondary N) is 1. The lowest BCUT2D eigenvalue weighted by Crippen LogP contribution is -1.85. The summed E-state index contributed by atoms with van der Waals surface area (Å²) in [7, 11) is 0. The molecule has 0 radical (unpaired) electrons. The summed E-state index contributed by atoms with van der Waals surface area (Å²) in [5.41, 5.74) is 4.74. The van der Waals surface area contributed by atoms with Crippen molar-refractivity contribution in [1.29, 1.82) is 0 Å². The van der Waals surface area contributed by atoms with Gasteiger partial charge in [-0.25, -0.2) is 4.98 Å². The molecule has 1 heterocycles. The molecular formula is C12H13ClN2. The van der Waals surface area contributed by atoms with Crippen LogP contribution in [0, 0.1) is 13.8 Å². The van der Waals surface area contributed by atoms with Gasteiger partial charge in [0.25, 0.3) is 0 Å². The van der Waals surface area contributed by atoms with Gasteiger partial charge in [-0.05, 0) is 19.4 Å². The maximum atomic E-state index is 5.70. The molecule has 1 aromatic heterocycles. The van der Waals surface area contributed by atoms with Gasteiger partial charge in [-0.1, -0.05) is 23.8 Å². The van der Waals surface area contributed by atoms with Crippen LogP contribution in [0.2, 0.25) is 0 Å². The molecule has 0 aliphatic heterocycles. The number of benzene rings is 1. The summed E-state index contributed by atoms with van der Waals surface area (Å²) in [5, 5.41) is 0. The Morgan fingerprint density at radius 2 is 2.13 bits per heavy atom. The van der Waals surface area contributed by atoms with Gasteiger partial charge in [0.1, 0.15) is 5.82 Å². The fraction of sp³-hybridized carbons (Fsp3) is 0.250. The minimum absolute atomic E-state index is 0.422. The molecule has 0 saturated carbocycles. The van der Waals surface area contributed by atoms with Crippen molar-refractivity contribution in [1.82, 2.24) is 9.97 Å². The highest BCUT2D eigenvalue weighted by molar-refractivity contribution is 6.16. The van der Waals surface area contributed by atoms with Gasteiger partial charge in [0.05, 0.1) is 17.8 Å². The molecule has 0 amide bonds. The zero-order valence-electron chi connectivity index (χ0n) is 8.84. The molecule has 1 N–H and O–H groups in total. The fourth-order valence-electron chi connectivity index (χ4n) is 1.68. The summed E-state index contributed by atoms with van der Waals surface area (Å²) in [6.07, 6.45) is 1.83. The van der Waals surface area contributed by atoms with Crippen molar-refractivity contribution in [2.75, 3.05) is 0 Å². The standard InChI is InChI=1S/C12H13ClN2/c1-8-3-4-10(9(2)5-8)11-7-14-12(6-13)15-11/h3-5,7H,6H2,1-2H3,(H,14,15). The first-order valence-electron chi connectivity index (χ1n) is 4.88. The second-order valence-corrected chi connectivity index (χ2v) is 3.96.